The number of methoxy groups -OCH3 is 1. The molecule has 2 unspecified atom stereocenters. The van der Waals surface area contributed by atoms with Crippen molar-refractivity contribution in [1.82, 2.24) is 14.9 Å². The Morgan fingerprint density at radius 3 is 2.47 bits per heavy atom. The van der Waals surface area contributed by atoms with E-state index in [1.807, 2.05) is 25.7 Å². The highest BCUT2D eigenvalue weighted by Crippen LogP contribution is 2.44. The van der Waals surface area contributed by atoms with Crippen molar-refractivity contribution in [3.8, 4) is 10.6 Å². The van der Waals surface area contributed by atoms with Crippen molar-refractivity contribution in [3.63, 3.8) is 0 Å². The smallest absolute Gasteiger partial charge is 0.418 e. The molecule has 12 heteroatoms. The highest BCUT2D eigenvalue weighted by atomic mass is 32.1. The van der Waals surface area contributed by atoms with Gasteiger partial charge in [-0.2, -0.15) is 18.2 Å². The van der Waals surface area contributed by atoms with Gasteiger partial charge in [-0.1, -0.05) is 0 Å². The maximum absolute atomic E-state index is 14.2. The maximum Gasteiger partial charge on any atom is 0.418 e. The molecule has 3 aromatic rings. The molecule has 0 aliphatic carbocycles. The minimum atomic E-state index is -4.66. The number of hydrogen-bond donors (Lipinski definition) is 0. The van der Waals surface area contributed by atoms with Crippen LogP contribution in [-0.4, -0.2) is 58.8 Å². The molecule has 1 amide bonds. The molecule has 194 valence electrons. The molecular formula is C24H27F3N4O4S. The van der Waals surface area contributed by atoms with Gasteiger partial charge in [0, 0.05) is 31.8 Å². The lowest BCUT2D eigenvalue weighted by Crippen LogP contribution is -2.56. The van der Waals surface area contributed by atoms with Gasteiger partial charge in [0.1, 0.15) is 16.1 Å². The largest absolute Gasteiger partial charge is 0.444 e. The zero-order valence-electron chi connectivity index (χ0n) is 20.4. The van der Waals surface area contributed by atoms with Gasteiger partial charge in [-0.05, 0) is 45.2 Å². The highest BCUT2D eigenvalue weighted by molar-refractivity contribution is 7.13. The molecule has 2 aliphatic rings. The highest BCUT2D eigenvalue weighted by Gasteiger charge is 2.46. The predicted molar refractivity (Wildman–Crippen MR) is 128 cm³/mol. The third-order valence-corrected chi connectivity index (χ3v) is 7.15. The summed E-state index contributed by atoms with van der Waals surface area (Å²) < 4.78 is 59.3. The zero-order valence-corrected chi connectivity index (χ0v) is 21.2. The number of benzene rings is 1. The van der Waals surface area contributed by atoms with Crippen LogP contribution in [0.15, 0.2) is 22.1 Å². The van der Waals surface area contributed by atoms with Gasteiger partial charge in [-0.15, -0.1) is 11.3 Å². The molecule has 0 saturated carbocycles. The van der Waals surface area contributed by atoms with Crippen molar-refractivity contribution in [2.45, 2.75) is 64.1 Å². The molecule has 0 radical (unpaired) electrons. The topological polar surface area (TPSA) is 80.9 Å². The summed E-state index contributed by atoms with van der Waals surface area (Å²) in [7, 11) is 1.35. The van der Waals surface area contributed by atoms with E-state index in [1.165, 1.54) is 24.5 Å². The van der Waals surface area contributed by atoms with Crippen LogP contribution < -0.4 is 4.90 Å². The number of fused-ring (bicyclic) bond motifs is 3. The van der Waals surface area contributed by atoms with Crippen LogP contribution in [0.2, 0.25) is 0 Å². The number of carbonyl (C=O) groups is 1. The van der Waals surface area contributed by atoms with E-state index >= 15 is 0 Å². The first-order valence-electron chi connectivity index (χ1n) is 11.6. The Bertz CT molecular complexity index is 1260. The van der Waals surface area contributed by atoms with E-state index < -0.39 is 17.3 Å². The average molecular weight is 525 g/mol. The summed E-state index contributed by atoms with van der Waals surface area (Å²) in [6.45, 7) is 6.00. The van der Waals surface area contributed by atoms with Gasteiger partial charge in [-0.3, -0.25) is 4.90 Å². The SMILES string of the molecule is COCc1cc(-c2nccs2)c2oc(N3CC4CCC(C3)N4C(=O)OC(C)(C)C)nc2c1C(F)(F)F. The number of carbonyl (C=O) groups excluding carboxylic acids is 1. The molecule has 2 aromatic heterocycles. The molecule has 1 aromatic carbocycles. The number of anilines is 1. The summed E-state index contributed by atoms with van der Waals surface area (Å²) in [5, 5.41) is 2.28. The van der Waals surface area contributed by atoms with Gasteiger partial charge in [0.2, 0.25) is 0 Å². The number of nitrogens with zero attached hydrogens (tertiary/aromatic N) is 4. The first kappa shape index (κ1) is 24.8. The lowest BCUT2D eigenvalue weighted by atomic mass is 10.0. The first-order valence-corrected chi connectivity index (χ1v) is 12.5. The van der Waals surface area contributed by atoms with Crippen LogP contribution >= 0.6 is 11.3 Å². The lowest BCUT2D eigenvalue weighted by molar-refractivity contribution is -0.137. The van der Waals surface area contributed by atoms with E-state index in [9.17, 15) is 18.0 Å². The summed E-state index contributed by atoms with van der Waals surface area (Å²) in [6, 6.07) is 1.24. The van der Waals surface area contributed by atoms with Crippen LogP contribution in [0.5, 0.6) is 0 Å². The van der Waals surface area contributed by atoms with E-state index in [-0.39, 0.29) is 47.5 Å². The van der Waals surface area contributed by atoms with Crippen molar-refractivity contribution in [2.24, 2.45) is 0 Å². The molecule has 2 aliphatic heterocycles. The molecule has 2 atom stereocenters. The summed E-state index contributed by atoms with van der Waals surface area (Å²) >= 11 is 1.30. The normalized spacial score (nSPS) is 20.4. The summed E-state index contributed by atoms with van der Waals surface area (Å²) in [5.41, 5.74) is -1.31. The molecule has 5 rings (SSSR count). The Hall–Kier alpha value is -2.86. The van der Waals surface area contributed by atoms with Gasteiger partial charge in [0.05, 0.1) is 29.8 Å². The quantitative estimate of drug-likeness (QED) is 0.433. The maximum atomic E-state index is 14.2. The van der Waals surface area contributed by atoms with Crippen molar-refractivity contribution in [2.75, 3.05) is 25.1 Å². The molecule has 2 fully saturated rings. The van der Waals surface area contributed by atoms with E-state index in [0.29, 0.717) is 23.7 Å². The second-order valence-corrected chi connectivity index (χ2v) is 11.0. The molecule has 2 saturated heterocycles. The number of alkyl halides is 3. The van der Waals surface area contributed by atoms with Crippen LogP contribution in [0, 0.1) is 0 Å². The molecule has 8 nitrogen and oxygen atoms in total. The van der Waals surface area contributed by atoms with Crippen LogP contribution in [0.3, 0.4) is 0 Å². The Morgan fingerprint density at radius 1 is 1.22 bits per heavy atom. The molecule has 36 heavy (non-hydrogen) atoms. The lowest BCUT2D eigenvalue weighted by Gasteiger charge is -2.40. The van der Waals surface area contributed by atoms with E-state index in [0.717, 1.165) is 12.8 Å². The Labute approximate surface area is 210 Å². The zero-order chi connectivity index (χ0) is 25.8. The average Bonchev–Trinajstić information content (AvgIpc) is 3.49. The van der Waals surface area contributed by atoms with Crippen LogP contribution in [0.1, 0.15) is 44.7 Å². The van der Waals surface area contributed by atoms with Gasteiger partial charge < -0.3 is 18.8 Å². The van der Waals surface area contributed by atoms with Gasteiger partial charge in [0.15, 0.2) is 5.58 Å². The van der Waals surface area contributed by atoms with Gasteiger partial charge >= 0.3 is 12.3 Å². The van der Waals surface area contributed by atoms with Gasteiger partial charge in [-0.25, -0.2) is 9.78 Å². The molecule has 2 bridgehead atoms. The Kier molecular flexibility index (Phi) is 6.14. The van der Waals surface area contributed by atoms with Crippen LogP contribution in [0.25, 0.3) is 21.7 Å². The van der Waals surface area contributed by atoms with Crippen molar-refractivity contribution in [3.05, 3.63) is 28.8 Å². The number of rotatable bonds is 4. The Balaban J connectivity index is 1.55. The standard InChI is InChI=1S/C24H27F3N4O4S/c1-23(2,3)35-22(32)31-14-5-6-15(31)11-30(10-14)21-29-18-17(24(25,26)27)13(12-33-4)9-16(19(18)34-21)20-28-7-8-36-20/h7-9,14-15H,5-6,10-12H2,1-4H3. The number of thiazole rings is 1. The second kappa shape index (κ2) is 8.91. The number of piperazine rings is 1. The monoisotopic (exact) mass is 524 g/mol. The number of oxazole rings is 1. The summed E-state index contributed by atoms with van der Waals surface area (Å²) in [6.07, 6.45) is -1.89. The third kappa shape index (κ3) is 4.52. The minimum Gasteiger partial charge on any atom is -0.444 e. The summed E-state index contributed by atoms with van der Waals surface area (Å²) in [5.74, 6) is 0. The van der Waals surface area contributed by atoms with E-state index in [1.54, 1.807) is 16.5 Å². The molecule has 0 spiro atoms. The van der Waals surface area contributed by atoms with E-state index in [4.69, 9.17) is 13.9 Å². The molecule has 0 N–H and O–H groups in total. The Morgan fingerprint density at radius 2 is 1.92 bits per heavy atom. The van der Waals surface area contributed by atoms with E-state index in [2.05, 4.69) is 9.97 Å². The van der Waals surface area contributed by atoms with Gasteiger partial charge in [0.25, 0.3) is 6.01 Å². The molecular weight excluding hydrogens is 497 g/mol. The number of amides is 1. The number of aromatic nitrogens is 2. The molecule has 4 heterocycles. The fourth-order valence-corrected chi connectivity index (χ4v) is 5.68. The van der Waals surface area contributed by atoms with Crippen molar-refractivity contribution in [1.29, 1.82) is 0 Å². The second-order valence-electron chi connectivity index (χ2n) is 10.1. The minimum absolute atomic E-state index is 0.0302. The number of ether oxygens (including phenoxy) is 2. The predicted octanol–water partition coefficient (Wildman–Crippen LogP) is 5.70. The fourth-order valence-electron chi connectivity index (χ4n) is 5.03. The summed E-state index contributed by atoms with van der Waals surface area (Å²) in [4.78, 5) is 25.0. The van der Waals surface area contributed by atoms with Crippen LogP contribution in [-0.2, 0) is 22.3 Å². The number of halogens is 3. The van der Waals surface area contributed by atoms with Crippen molar-refractivity contribution >= 4 is 34.5 Å². The first-order chi connectivity index (χ1) is 17.0. The third-order valence-electron chi connectivity index (χ3n) is 6.34. The van der Waals surface area contributed by atoms with Crippen molar-refractivity contribution < 1.29 is 31.9 Å². The van der Waals surface area contributed by atoms with Crippen LogP contribution in [0.4, 0.5) is 24.0 Å². The fraction of sp³-hybridized carbons (Fsp3) is 0.542. The number of hydrogen-bond acceptors (Lipinski definition) is 8.